The minimum Gasteiger partial charge on any atom is -0.478 e. The molecule has 0 aromatic heterocycles. The number of aryl methyl sites for hydroxylation is 1. The summed E-state index contributed by atoms with van der Waals surface area (Å²) < 4.78 is 12.5. The van der Waals surface area contributed by atoms with E-state index in [1.807, 2.05) is 24.3 Å². The Balaban J connectivity index is 1.54. The van der Waals surface area contributed by atoms with E-state index in [0.29, 0.717) is 27.9 Å². The number of carbonyl (C=O) groups is 1. The molecule has 6 heteroatoms. The molecule has 1 aliphatic carbocycles. The van der Waals surface area contributed by atoms with E-state index in [-0.39, 0.29) is 12.6 Å². The fraction of sp³-hybridized carbons (Fsp3) is 0.344. The van der Waals surface area contributed by atoms with E-state index in [0.717, 1.165) is 72.3 Å². The number of hydrogen-bond acceptors (Lipinski definition) is 2. The van der Waals surface area contributed by atoms with Crippen molar-refractivity contribution in [1.29, 1.82) is 0 Å². The highest BCUT2D eigenvalue weighted by atomic mass is 35.5. The third-order valence-corrected chi connectivity index (χ3v) is 8.41. The molecule has 1 unspecified atom stereocenters. The Kier molecular flexibility index (Phi) is 8.23. The summed E-state index contributed by atoms with van der Waals surface area (Å²) >= 11 is 13.0. The van der Waals surface area contributed by atoms with Gasteiger partial charge in [-0.15, -0.1) is 0 Å². The summed E-state index contributed by atoms with van der Waals surface area (Å²) in [5.41, 5.74) is 7.99. The third-order valence-electron chi connectivity index (χ3n) is 7.86. The fourth-order valence-corrected chi connectivity index (χ4v) is 6.43. The Morgan fingerprint density at radius 1 is 1.03 bits per heavy atom. The number of aromatic carboxylic acids is 1. The van der Waals surface area contributed by atoms with Crippen LogP contribution in [0.3, 0.4) is 0 Å². The minimum absolute atomic E-state index is 0.203. The lowest BCUT2D eigenvalue weighted by atomic mass is 9.83. The molecule has 38 heavy (non-hydrogen) atoms. The van der Waals surface area contributed by atoms with Crippen molar-refractivity contribution < 1.29 is 14.3 Å². The molecule has 3 aromatic carbocycles. The van der Waals surface area contributed by atoms with Crippen molar-refractivity contribution in [2.24, 2.45) is 11.8 Å². The van der Waals surface area contributed by atoms with Gasteiger partial charge in [0.2, 0.25) is 0 Å². The lowest BCUT2D eigenvalue weighted by Crippen LogP contribution is -2.47. The maximum atomic E-state index is 12.5. The Morgan fingerprint density at radius 2 is 1.76 bits per heavy atom. The van der Waals surface area contributed by atoms with Crippen molar-refractivity contribution in [3.8, 4) is 0 Å². The third kappa shape index (κ3) is 5.68. The molecule has 1 N–H and O–H groups in total. The van der Waals surface area contributed by atoms with E-state index in [1.165, 1.54) is 5.56 Å². The summed E-state index contributed by atoms with van der Waals surface area (Å²) in [6, 6.07) is 19.9. The summed E-state index contributed by atoms with van der Waals surface area (Å²) in [6.45, 7) is 4.87. The molecule has 2 aliphatic rings. The number of allylic oxidation sites excluding steroid dienone is 1. The van der Waals surface area contributed by atoms with Crippen molar-refractivity contribution in [3.05, 3.63) is 104 Å². The lowest BCUT2D eigenvalue weighted by molar-refractivity contribution is 0.0696. The van der Waals surface area contributed by atoms with Gasteiger partial charge in [-0.05, 0) is 101 Å². The average Bonchev–Trinajstić information content (AvgIpc) is 3.02. The van der Waals surface area contributed by atoms with Crippen LogP contribution in [0, 0.1) is 11.8 Å². The van der Waals surface area contributed by atoms with Crippen LogP contribution < -0.4 is 0 Å². The molecule has 0 spiro atoms. The second kappa shape index (κ2) is 11.6. The van der Waals surface area contributed by atoms with Crippen LogP contribution in [0.4, 0.5) is 4.39 Å². The highest BCUT2D eigenvalue weighted by Crippen LogP contribution is 2.45. The fourth-order valence-electron chi connectivity index (χ4n) is 5.92. The highest BCUT2D eigenvalue weighted by molar-refractivity contribution is 6.36. The molecule has 0 amide bonds. The van der Waals surface area contributed by atoms with Crippen molar-refractivity contribution in [2.45, 2.75) is 32.6 Å². The molecule has 1 aliphatic heterocycles. The number of alkyl halides is 1. The number of rotatable bonds is 8. The molecule has 0 saturated carbocycles. The van der Waals surface area contributed by atoms with Crippen LogP contribution in [0.5, 0.6) is 0 Å². The van der Waals surface area contributed by atoms with Gasteiger partial charge in [-0.2, -0.15) is 0 Å². The molecular formula is C32H32Cl2FNO2. The predicted octanol–water partition coefficient (Wildman–Crippen LogP) is 8.07. The second-order valence-corrected chi connectivity index (χ2v) is 11.4. The first-order valence-corrected chi connectivity index (χ1v) is 14.0. The number of likely N-dealkylation sites (tertiary alicyclic amines) is 1. The van der Waals surface area contributed by atoms with Crippen LogP contribution in [0.2, 0.25) is 10.0 Å². The van der Waals surface area contributed by atoms with E-state index in [4.69, 9.17) is 23.2 Å². The topological polar surface area (TPSA) is 40.5 Å². The standard InChI is InChI=1S/C32H32Cl2FNO2/c1-20-3-6-24-16-25(32(37)38)9-11-27(24)31(30(20)28-12-10-26(33)17-29(28)34)23-7-4-21(5-8-23)15-22-18-36(19-22)14-2-13-35/h4-5,7-12,16-17,20,22H,2-3,6,13-15,18-19H2,1H3,(H,37,38). The van der Waals surface area contributed by atoms with Gasteiger partial charge in [0.25, 0.3) is 0 Å². The van der Waals surface area contributed by atoms with Gasteiger partial charge in [-0.25, -0.2) is 4.79 Å². The zero-order valence-corrected chi connectivity index (χ0v) is 23.0. The zero-order chi connectivity index (χ0) is 26.8. The predicted molar refractivity (Wildman–Crippen MR) is 154 cm³/mol. The summed E-state index contributed by atoms with van der Waals surface area (Å²) in [6.07, 6.45) is 3.29. The minimum atomic E-state index is -0.916. The maximum absolute atomic E-state index is 12.5. The van der Waals surface area contributed by atoms with E-state index in [9.17, 15) is 14.3 Å². The van der Waals surface area contributed by atoms with Crippen molar-refractivity contribution in [2.75, 3.05) is 26.3 Å². The number of carboxylic acid groups (broad SMARTS) is 1. The van der Waals surface area contributed by atoms with Crippen LogP contribution in [0.15, 0.2) is 60.7 Å². The van der Waals surface area contributed by atoms with Crippen LogP contribution in [0.1, 0.15) is 57.9 Å². The second-order valence-electron chi connectivity index (χ2n) is 10.6. The smallest absolute Gasteiger partial charge is 0.335 e. The molecule has 5 rings (SSSR count). The SMILES string of the molecule is CC1CCc2cc(C(=O)O)ccc2C(c2ccc(CC3CN(CCCF)C3)cc2)=C1c1ccc(Cl)cc1Cl. The molecular weight excluding hydrogens is 520 g/mol. The van der Waals surface area contributed by atoms with E-state index >= 15 is 0 Å². The van der Waals surface area contributed by atoms with Crippen LogP contribution in [0.25, 0.3) is 11.1 Å². The monoisotopic (exact) mass is 551 g/mol. The first kappa shape index (κ1) is 26.9. The van der Waals surface area contributed by atoms with Crippen molar-refractivity contribution >= 4 is 40.3 Å². The molecule has 1 heterocycles. The Morgan fingerprint density at radius 3 is 2.45 bits per heavy atom. The van der Waals surface area contributed by atoms with Crippen LogP contribution >= 0.6 is 23.2 Å². The molecule has 3 nitrogen and oxygen atoms in total. The Hall–Kier alpha value is -2.66. The summed E-state index contributed by atoms with van der Waals surface area (Å²) in [5, 5.41) is 10.8. The molecule has 3 aromatic rings. The van der Waals surface area contributed by atoms with Gasteiger partial charge in [0.1, 0.15) is 0 Å². The number of halogens is 3. The number of hydrogen-bond donors (Lipinski definition) is 1. The normalized spacial score (nSPS) is 18.2. The number of carboxylic acids is 1. The summed E-state index contributed by atoms with van der Waals surface area (Å²) in [5.74, 6) is -0.106. The summed E-state index contributed by atoms with van der Waals surface area (Å²) in [7, 11) is 0. The van der Waals surface area contributed by atoms with E-state index in [2.05, 4.69) is 36.1 Å². The van der Waals surface area contributed by atoms with Crippen molar-refractivity contribution in [1.82, 2.24) is 4.90 Å². The number of benzene rings is 3. The van der Waals surface area contributed by atoms with Crippen LogP contribution in [-0.2, 0) is 12.8 Å². The molecule has 1 fully saturated rings. The van der Waals surface area contributed by atoms with Crippen molar-refractivity contribution in [3.63, 3.8) is 0 Å². The highest BCUT2D eigenvalue weighted by Gasteiger charge is 2.28. The summed E-state index contributed by atoms with van der Waals surface area (Å²) in [4.78, 5) is 14.0. The quantitative estimate of drug-likeness (QED) is 0.307. The molecule has 1 saturated heterocycles. The first-order chi connectivity index (χ1) is 18.3. The van der Waals surface area contributed by atoms with Gasteiger partial charge < -0.3 is 10.0 Å². The molecule has 0 radical (unpaired) electrons. The van der Waals surface area contributed by atoms with Gasteiger partial charge in [-0.1, -0.05) is 66.5 Å². The largest absolute Gasteiger partial charge is 0.478 e. The van der Waals surface area contributed by atoms with Gasteiger partial charge in [0.05, 0.1) is 12.2 Å². The Labute approximate surface area is 233 Å². The van der Waals surface area contributed by atoms with Gasteiger partial charge in [-0.3, -0.25) is 4.39 Å². The van der Waals surface area contributed by atoms with Gasteiger partial charge in [0, 0.05) is 29.7 Å². The zero-order valence-electron chi connectivity index (χ0n) is 21.5. The average molecular weight is 553 g/mol. The van der Waals surface area contributed by atoms with E-state index < -0.39 is 5.97 Å². The van der Waals surface area contributed by atoms with Crippen LogP contribution in [-0.4, -0.2) is 42.3 Å². The molecule has 1 atom stereocenters. The number of nitrogens with zero attached hydrogens (tertiary/aromatic N) is 1. The lowest BCUT2D eigenvalue weighted by Gasteiger charge is -2.39. The molecule has 0 bridgehead atoms. The first-order valence-electron chi connectivity index (χ1n) is 13.3. The Bertz CT molecular complexity index is 1360. The van der Waals surface area contributed by atoms with E-state index in [1.54, 1.807) is 12.1 Å². The van der Waals surface area contributed by atoms with Gasteiger partial charge in [0.15, 0.2) is 0 Å². The van der Waals surface area contributed by atoms with Gasteiger partial charge >= 0.3 is 5.97 Å². The molecule has 198 valence electrons. The number of fused-ring (bicyclic) bond motifs is 1. The maximum Gasteiger partial charge on any atom is 0.335 e.